The van der Waals surface area contributed by atoms with Crippen LogP contribution in [0, 0.1) is 0 Å². The van der Waals surface area contributed by atoms with Crippen molar-refractivity contribution in [3.63, 3.8) is 0 Å². The average molecular weight is 288 g/mol. The summed E-state index contributed by atoms with van der Waals surface area (Å²) in [5, 5.41) is 4.34. The fraction of sp³-hybridized carbons (Fsp3) is 0.462. The third-order valence-corrected chi connectivity index (χ3v) is 3.15. The fourth-order valence-corrected chi connectivity index (χ4v) is 2.33. The van der Waals surface area contributed by atoms with E-state index in [1.807, 2.05) is 18.2 Å². The highest BCUT2D eigenvalue weighted by atomic mass is 19.4. The van der Waals surface area contributed by atoms with Crippen LogP contribution in [-0.4, -0.2) is 31.9 Å². The predicted molar refractivity (Wildman–Crippen MR) is 66.8 cm³/mol. The molecule has 0 fully saturated rings. The Morgan fingerprint density at radius 1 is 1.40 bits per heavy atom. The maximum Gasteiger partial charge on any atom is 0.405 e. The first-order valence-corrected chi connectivity index (χ1v) is 6.15. The highest BCUT2D eigenvalue weighted by Gasteiger charge is 2.29. The fourth-order valence-electron chi connectivity index (χ4n) is 2.33. The largest absolute Gasteiger partial charge is 0.496 e. The van der Waals surface area contributed by atoms with Crippen LogP contribution in [-0.2, 0) is 12.8 Å². The van der Waals surface area contributed by atoms with Crippen molar-refractivity contribution in [3.8, 4) is 5.75 Å². The average Bonchev–Trinajstić information content (AvgIpc) is 2.77. The number of hydrogen-bond donors (Lipinski definition) is 2. The molecule has 0 radical (unpaired) electrons. The number of methoxy groups -OCH3 is 1. The Bertz CT molecular complexity index is 503. The molecule has 1 aliphatic rings. The van der Waals surface area contributed by atoms with Gasteiger partial charge in [-0.2, -0.15) is 13.2 Å². The Labute approximate surface area is 114 Å². The van der Waals surface area contributed by atoms with E-state index in [1.165, 1.54) is 0 Å². The van der Waals surface area contributed by atoms with Crippen LogP contribution in [0.3, 0.4) is 0 Å². The SMILES string of the molecule is COc1cccc2c1CC(NC(=O)NCC(F)(F)F)C2. The molecule has 1 unspecified atom stereocenters. The molecule has 2 N–H and O–H groups in total. The summed E-state index contributed by atoms with van der Waals surface area (Å²) in [7, 11) is 1.56. The molecule has 110 valence electrons. The third kappa shape index (κ3) is 3.55. The van der Waals surface area contributed by atoms with Crippen LogP contribution in [0.15, 0.2) is 18.2 Å². The van der Waals surface area contributed by atoms with E-state index in [9.17, 15) is 18.0 Å². The minimum absolute atomic E-state index is 0.213. The Morgan fingerprint density at radius 2 is 2.15 bits per heavy atom. The van der Waals surface area contributed by atoms with E-state index in [0.29, 0.717) is 12.8 Å². The number of carbonyl (C=O) groups excluding carboxylic acids is 1. The molecule has 7 heteroatoms. The highest BCUT2D eigenvalue weighted by molar-refractivity contribution is 5.74. The van der Waals surface area contributed by atoms with Gasteiger partial charge in [0.2, 0.25) is 0 Å². The first kappa shape index (κ1) is 14.5. The van der Waals surface area contributed by atoms with Crippen molar-refractivity contribution in [2.45, 2.75) is 25.1 Å². The zero-order chi connectivity index (χ0) is 14.8. The van der Waals surface area contributed by atoms with Gasteiger partial charge in [0.05, 0.1) is 7.11 Å². The molecular formula is C13H15F3N2O2. The lowest BCUT2D eigenvalue weighted by Crippen LogP contribution is -2.45. The van der Waals surface area contributed by atoms with Crippen LogP contribution < -0.4 is 15.4 Å². The summed E-state index contributed by atoms with van der Waals surface area (Å²) in [6.07, 6.45) is -3.26. The molecule has 0 aliphatic heterocycles. The second-order valence-corrected chi connectivity index (χ2v) is 4.65. The van der Waals surface area contributed by atoms with E-state index < -0.39 is 18.8 Å². The van der Waals surface area contributed by atoms with Crippen LogP contribution in [0.25, 0.3) is 0 Å². The zero-order valence-electron chi connectivity index (χ0n) is 10.9. The van der Waals surface area contributed by atoms with Crippen molar-refractivity contribution < 1.29 is 22.7 Å². The molecule has 1 atom stereocenters. The van der Waals surface area contributed by atoms with E-state index in [1.54, 1.807) is 12.4 Å². The van der Waals surface area contributed by atoms with Crippen LogP contribution in [0.5, 0.6) is 5.75 Å². The summed E-state index contributed by atoms with van der Waals surface area (Å²) < 4.78 is 41.2. The second kappa shape index (κ2) is 5.60. The van der Waals surface area contributed by atoms with Gasteiger partial charge in [-0.15, -0.1) is 0 Å². The topological polar surface area (TPSA) is 50.4 Å². The number of rotatable bonds is 3. The number of amides is 2. The lowest BCUT2D eigenvalue weighted by molar-refractivity contribution is -0.122. The molecule has 0 saturated carbocycles. The number of hydrogen-bond acceptors (Lipinski definition) is 2. The number of nitrogens with one attached hydrogen (secondary N) is 2. The number of benzene rings is 1. The molecule has 0 aromatic heterocycles. The maximum absolute atomic E-state index is 12.0. The van der Waals surface area contributed by atoms with Crippen molar-refractivity contribution in [2.75, 3.05) is 13.7 Å². The molecule has 2 amide bonds. The number of fused-ring (bicyclic) bond motifs is 1. The lowest BCUT2D eigenvalue weighted by atomic mass is 10.1. The Morgan fingerprint density at radius 3 is 2.80 bits per heavy atom. The minimum Gasteiger partial charge on any atom is -0.496 e. The maximum atomic E-state index is 12.0. The smallest absolute Gasteiger partial charge is 0.405 e. The van der Waals surface area contributed by atoms with E-state index in [4.69, 9.17) is 4.74 Å². The summed E-state index contributed by atoms with van der Waals surface area (Å²) in [4.78, 5) is 11.4. The molecule has 1 aliphatic carbocycles. The van der Waals surface area contributed by atoms with Gasteiger partial charge < -0.3 is 15.4 Å². The highest BCUT2D eigenvalue weighted by Crippen LogP contribution is 2.30. The zero-order valence-corrected chi connectivity index (χ0v) is 10.9. The monoisotopic (exact) mass is 288 g/mol. The molecule has 2 rings (SSSR count). The van der Waals surface area contributed by atoms with Crippen molar-refractivity contribution in [3.05, 3.63) is 29.3 Å². The number of alkyl halides is 3. The van der Waals surface area contributed by atoms with Crippen molar-refractivity contribution >= 4 is 6.03 Å². The lowest BCUT2D eigenvalue weighted by Gasteiger charge is -2.14. The summed E-state index contributed by atoms with van der Waals surface area (Å²) >= 11 is 0. The predicted octanol–water partition coefficient (Wildman–Crippen LogP) is 2.02. The number of ether oxygens (including phenoxy) is 1. The number of halogens is 3. The molecule has 1 aromatic rings. The van der Waals surface area contributed by atoms with Gasteiger partial charge in [-0.25, -0.2) is 4.79 Å². The minimum atomic E-state index is -4.40. The molecule has 1 aromatic carbocycles. The summed E-state index contributed by atoms with van der Waals surface area (Å²) in [5.41, 5.74) is 2.04. The van der Waals surface area contributed by atoms with E-state index in [-0.39, 0.29) is 6.04 Å². The van der Waals surface area contributed by atoms with Gasteiger partial charge in [0.25, 0.3) is 0 Å². The first-order valence-electron chi connectivity index (χ1n) is 6.15. The molecule has 0 spiro atoms. The van der Waals surface area contributed by atoms with Crippen molar-refractivity contribution in [1.82, 2.24) is 10.6 Å². The van der Waals surface area contributed by atoms with Crippen molar-refractivity contribution in [1.29, 1.82) is 0 Å². The van der Waals surface area contributed by atoms with Crippen LogP contribution in [0.4, 0.5) is 18.0 Å². The Kier molecular flexibility index (Phi) is 4.06. The van der Waals surface area contributed by atoms with Crippen LogP contribution in [0.1, 0.15) is 11.1 Å². The summed E-state index contributed by atoms with van der Waals surface area (Å²) in [6.45, 7) is -1.33. The second-order valence-electron chi connectivity index (χ2n) is 4.65. The quantitative estimate of drug-likeness (QED) is 0.894. The van der Waals surface area contributed by atoms with E-state index >= 15 is 0 Å². The van der Waals surface area contributed by atoms with Gasteiger partial charge >= 0.3 is 12.2 Å². The van der Waals surface area contributed by atoms with Gasteiger partial charge in [0.1, 0.15) is 12.3 Å². The standard InChI is InChI=1S/C13H15F3N2O2/c1-20-11-4-2-3-8-5-9(6-10(8)11)18-12(19)17-7-13(14,15)16/h2-4,9H,5-7H2,1H3,(H2,17,18,19). The van der Waals surface area contributed by atoms with Gasteiger partial charge in [0, 0.05) is 6.04 Å². The molecular weight excluding hydrogens is 273 g/mol. The van der Waals surface area contributed by atoms with Gasteiger partial charge in [-0.05, 0) is 30.0 Å². The number of carbonyl (C=O) groups is 1. The van der Waals surface area contributed by atoms with E-state index in [2.05, 4.69) is 5.32 Å². The van der Waals surface area contributed by atoms with Crippen molar-refractivity contribution in [2.24, 2.45) is 0 Å². The van der Waals surface area contributed by atoms with E-state index in [0.717, 1.165) is 16.9 Å². The molecule has 0 bridgehead atoms. The Balaban J connectivity index is 1.90. The van der Waals surface area contributed by atoms with Crippen LogP contribution in [0.2, 0.25) is 0 Å². The Hall–Kier alpha value is -1.92. The number of urea groups is 1. The molecule has 0 heterocycles. The molecule has 0 saturated heterocycles. The first-order chi connectivity index (χ1) is 9.39. The third-order valence-electron chi connectivity index (χ3n) is 3.15. The van der Waals surface area contributed by atoms with Gasteiger partial charge in [-0.1, -0.05) is 12.1 Å². The van der Waals surface area contributed by atoms with Gasteiger partial charge in [-0.3, -0.25) is 0 Å². The van der Waals surface area contributed by atoms with Gasteiger partial charge in [0.15, 0.2) is 0 Å². The summed E-state index contributed by atoms with van der Waals surface area (Å²) in [5.74, 6) is 0.738. The molecule has 4 nitrogen and oxygen atoms in total. The normalized spacial score (nSPS) is 17.5. The van der Waals surface area contributed by atoms with Crippen LogP contribution >= 0.6 is 0 Å². The molecule has 20 heavy (non-hydrogen) atoms. The summed E-state index contributed by atoms with van der Waals surface area (Å²) in [6, 6.07) is 4.58.